The number of likely N-dealkylation sites (tertiary alicyclic amines) is 2. The van der Waals surface area contributed by atoms with Gasteiger partial charge in [0.25, 0.3) is 0 Å². The van der Waals surface area contributed by atoms with Crippen molar-refractivity contribution in [1.82, 2.24) is 15.1 Å². The first kappa shape index (κ1) is 18.0. The summed E-state index contributed by atoms with van der Waals surface area (Å²) in [6, 6.07) is 14.6. The molecule has 0 bridgehead atoms. The Kier molecular flexibility index (Phi) is 5.39. The first-order chi connectivity index (χ1) is 13.2. The van der Waals surface area contributed by atoms with Crippen LogP contribution in [0.15, 0.2) is 42.5 Å². The lowest BCUT2D eigenvalue weighted by Crippen LogP contribution is -2.41. The van der Waals surface area contributed by atoms with Crippen molar-refractivity contribution < 1.29 is 9.59 Å². The van der Waals surface area contributed by atoms with E-state index in [1.165, 1.54) is 12.8 Å². The molecule has 2 aromatic carbocycles. The fourth-order valence-electron chi connectivity index (χ4n) is 4.34. The van der Waals surface area contributed by atoms with Gasteiger partial charge in [-0.25, -0.2) is 0 Å². The van der Waals surface area contributed by atoms with Crippen LogP contribution in [0, 0.1) is 0 Å². The number of nitrogens with zero attached hydrogens (tertiary/aromatic N) is 2. The molecule has 2 saturated heterocycles. The lowest BCUT2D eigenvalue weighted by atomic mass is 10.0. The molecule has 4 rings (SSSR count). The van der Waals surface area contributed by atoms with Gasteiger partial charge in [0.15, 0.2) is 0 Å². The smallest absolute Gasteiger partial charge is 0.242 e. The van der Waals surface area contributed by atoms with E-state index in [0.29, 0.717) is 12.5 Å². The van der Waals surface area contributed by atoms with Crippen LogP contribution in [-0.2, 0) is 16.0 Å². The van der Waals surface area contributed by atoms with Gasteiger partial charge in [-0.3, -0.25) is 14.5 Å². The zero-order valence-electron chi connectivity index (χ0n) is 15.7. The van der Waals surface area contributed by atoms with Crippen molar-refractivity contribution in [2.45, 2.75) is 31.7 Å². The van der Waals surface area contributed by atoms with Crippen molar-refractivity contribution >= 4 is 22.6 Å². The van der Waals surface area contributed by atoms with Gasteiger partial charge in [0, 0.05) is 19.1 Å². The summed E-state index contributed by atoms with van der Waals surface area (Å²) < 4.78 is 0. The Hall–Kier alpha value is -2.40. The highest BCUT2D eigenvalue weighted by Crippen LogP contribution is 2.21. The van der Waals surface area contributed by atoms with E-state index in [1.807, 2.05) is 47.4 Å². The molecule has 0 aromatic heterocycles. The van der Waals surface area contributed by atoms with Gasteiger partial charge in [0.05, 0.1) is 13.0 Å². The predicted octanol–water partition coefficient (Wildman–Crippen LogP) is 2.20. The number of hydrogen-bond donors (Lipinski definition) is 1. The second-order valence-electron chi connectivity index (χ2n) is 7.62. The Morgan fingerprint density at radius 1 is 1.00 bits per heavy atom. The minimum absolute atomic E-state index is 0.0305. The van der Waals surface area contributed by atoms with Crippen LogP contribution in [-0.4, -0.2) is 60.4 Å². The summed E-state index contributed by atoms with van der Waals surface area (Å²) in [6.07, 6.45) is 3.89. The lowest BCUT2D eigenvalue weighted by molar-refractivity contribution is -0.132. The number of carbonyl (C=O) groups excluding carboxylic acids is 2. The second kappa shape index (κ2) is 8.09. The molecular weight excluding hydrogens is 338 g/mol. The molecule has 2 heterocycles. The van der Waals surface area contributed by atoms with Crippen LogP contribution in [0.2, 0.25) is 0 Å². The van der Waals surface area contributed by atoms with Crippen LogP contribution >= 0.6 is 0 Å². The summed E-state index contributed by atoms with van der Waals surface area (Å²) >= 11 is 0. The minimum Gasteiger partial charge on any atom is -0.347 e. The fourth-order valence-corrected chi connectivity index (χ4v) is 4.34. The number of amides is 2. The summed E-state index contributed by atoms with van der Waals surface area (Å²) in [5, 5.41) is 5.03. The summed E-state index contributed by atoms with van der Waals surface area (Å²) in [4.78, 5) is 29.2. The molecule has 1 atom stereocenters. The van der Waals surface area contributed by atoms with Crippen molar-refractivity contribution in [2.75, 3.05) is 32.7 Å². The van der Waals surface area contributed by atoms with Gasteiger partial charge in [0.1, 0.15) is 0 Å². The highest BCUT2D eigenvalue weighted by atomic mass is 16.2. The van der Waals surface area contributed by atoms with Crippen LogP contribution in [0.4, 0.5) is 0 Å². The molecule has 1 unspecified atom stereocenters. The number of rotatable bonds is 5. The molecule has 0 aliphatic carbocycles. The van der Waals surface area contributed by atoms with E-state index >= 15 is 0 Å². The van der Waals surface area contributed by atoms with Gasteiger partial charge < -0.3 is 10.2 Å². The normalized spacial score (nSPS) is 20.3. The van der Waals surface area contributed by atoms with Gasteiger partial charge in [-0.1, -0.05) is 42.5 Å². The van der Waals surface area contributed by atoms with E-state index in [0.717, 1.165) is 48.9 Å². The third-order valence-electron chi connectivity index (χ3n) is 5.84. The average Bonchev–Trinajstić information content (AvgIpc) is 3.38. The SMILES string of the molecule is O=C(Cc1cccc2ccccc12)NCC(=O)N1CCC(N2CCCC2)C1. The minimum atomic E-state index is -0.102. The summed E-state index contributed by atoms with van der Waals surface area (Å²) in [6.45, 7) is 4.02. The van der Waals surface area contributed by atoms with E-state index < -0.39 is 0 Å². The van der Waals surface area contributed by atoms with Gasteiger partial charge in [-0.15, -0.1) is 0 Å². The number of fused-ring (bicyclic) bond motifs is 1. The number of benzene rings is 2. The largest absolute Gasteiger partial charge is 0.347 e. The van der Waals surface area contributed by atoms with E-state index in [-0.39, 0.29) is 18.4 Å². The van der Waals surface area contributed by atoms with Crippen molar-refractivity contribution in [3.8, 4) is 0 Å². The molecule has 5 nitrogen and oxygen atoms in total. The number of carbonyl (C=O) groups is 2. The highest BCUT2D eigenvalue weighted by Gasteiger charge is 2.31. The zero-order valence-corrected chi connectivity index (χ0v) is 15.7. The Labute approximate surface area is 160 Å². The van der Waals surface area contributed by atoms with Crippen LogP contribution < -0.4 is 5.32 Å². The van der Waals surface area contributed by atoms with Gasteiger partial charge in [-0.2, -0.15) is 0 Å². The van der Waals surface area contributed by atoms with Gasteiger partial charge >= 0.3 is 0 Å². The fraction of sp³-hybridized carbons (Fsp3) is 0.455. The number of nitrogens with one attached hydrogen (secondary N) is 1. The topological polar surface area (TPSA) is 52.7 Å². The molecule has 2 fully saturated rings. The van der Waals surface area contributed by atoms with Crippen molar-refractivity contribution in [2.24, 2.45) is 0 Å². The van der Waals surface area contributed by atoms with E-state index in [9.17, 15) is 9.59 Å². The van der Waals surface area contributed by atoms with Crippen molar-refractivity contribution in [3.05, 3.63) is 48.0 Å². The molecule has 0 spiro atoms. The summed E-state index contributed by atoms with van der Waals surface area (Å²) in [5.74, 6) is -0.0713. The highest BCUT2D eigenvalue weighted by molar-refractivity contribution is 5.91. The van der Waals surface area contributed by atoms with Crippen molar-refractivity contribution in [3.63, 3.8) is 0 Å². The Balaban J connectivity index is 1.28. The average molecular weight is 365 g/mol. The van der Waals surface area contributed by atoms with E-state index in [1.54, 1.807) is 0 Å². The Morgan fingerprint density at radius 3 is 2.63 bits per heavy atom. The Morgan fingerprint density at radius 2 is 1.78 bits per heavy atom. The molecule has 0 saturated carbocycles. The van der Waals surface area contributed by atoms with Crippen molar-refractivity contribution in [1.29, 1.82) is 0 Å². The third-order valence-corrected chi connectivity index (χ3v) is 5.84. The monoisotopic (exact) mass is 365 g/mol. The predicted molar refractivity (Wildman–Crippen MR) is 106 cm³/mol. The first-order valence-corrected chi connectivity index (χ1v) is 9.96. The molecular formula is C22H27N3O2. The number of hydrogen-bond acceptors (Lipinski definition) is 3. The van der Waals surface area contributed by atoms with Crippen LogP contribution in [0.3, 0.4) is 0 Å². The standard InChI is InChI=1S/C22H27N3O2/c26-21(14-18-8-5-7-17-6-1-2-9-20(17)18)23-15-22(27)25-13-10-19(16-25)24-11-3-4-12-24/h1-2,5-9,19H,3-4,10-16H2,(H,23,26). The molecule has 2 amide bonds. The van der Waals surface area contributed by atoms with Crippen LogP contribution in [0.25, 0.3) is 10.8 Å². The quantitative estimate of drug-likeness (QED) is 0.884. The lowest BCUT2D eigenvalue weighted by Gasteiger charge is -2.23. The summed E-state index contributed by atoms with van der Waals surface area (Å²) in [5.41, 5.74) is 0.994. The van der Waals surface area contributed by atoms with E-state index in [4.69, 9.17) is 0 Å². The first-order valence-electron chi connectivity index (χ1n) is 9.96. The molecule has 0 radical (unpaired) electrons. The third kappa shape index (κ3) is 4.14. The van der Waals surface area contributed by atoms with Gasteiger partial charge in [0.2, 0.25) is 11.8 Å². The Bertz CT molecular complexity index is 824. The van der Waals surface area contributed by atoms with E-state index in [2.05, 4.69) is 10.2 Å². The molecule has 5 heteroatoms. The maximum atomic E-state index is 12.5. The molecule has 2 aliphatic rings. The molecule has 1 N–H and O–H groups in total. The maximum absolute atomic E-state index is 12.5. The van der Waals surface area contributed by atoms with Gasteiger partial charge in [-0.05, 0) is 48.7 Å². The summed E-state index contributed by atoms with van der Waals surface area (Å²) in [7, 11) is 0. The molecule has 2 aliphatic heterocycles. The maximum Gasteiger partial charge on any atom is 0.242 e. The molecule has 142 valence electrons. The second-order valence-corrected chi connectivity index (χ2v) is 7.62. The zero-order chi connectivity index (χ0) is 18.6. The van der Waals surface area contributed by atoms with Crippen LogP contribution in [0.1, 0.15) is 24.8 Å². The molecule has 27 heavy (non-hydrogen) atoms. The molecule has 2 aromatic rings. The van der Waals surface area contributed by atoms with Crippen LogP contribution in [0.5, 0.6) is 0 Å².